The maximum absolute atomic E-state index is 12.4. The molecule has 1 rings (SSSR count). The standard InChI is InChI=1S/C12H21N3O3S/c1-3-8(10(13)19)12(17)15-5-6-18-7-9(15)11(16)14-4-2/h8-9H,3-7H2,1-2H3,(H2,13,19)(H,14,16). The van der Waals surface area contributed by atoms with E-state index in [1.165, 1.54) is 4.90 Å². The van der Waals surface area contributed by atoms with E-state index >= 15 is 0 Å². The molecule has 0 aromatic heterocycles. The highest BCUT2D eigenvalue weighted by atomic mass is 32.1. The molecule has 6 nitrogen and oxygen atoms in total. The Labute approximate surface area is 118 Å². The minimum absolute atomic E-state index is 0.175. The molecular formula is C12H21N3O3S. The summed E-state index contributed by atoms with van der Waals surface area (Å²) in [5, 5.41) is 2.71. The quantitative estimate of drug-likeness (QED) is 0.676. The van der Waals surface area contributed by atoms with Crippen LogP contribution in [0.25, 0.3) is 0 Å². The van der Waals surface area contributed by atoms with E-state index in [0.29, 0.717) is 26.1 Å². The molecule has 2 unspecified atom stereocenters. The topological polar surface area (TPSA) is 84.7 Å². The van der Waals surface area contributed by atoms with Crippen LogP contribution in [0.3, 0.4) is 0 Å². The van der Waals surface area contributed by atoms with Crippen molar-refractivity contribution in [1.29, 1.82) is 0 Å². The number of rotatable bonds is 5. The number of nitrogens with one attached hydrogen (secondary N) is 1. The van der Waals surface area contributed by atoms with Crippen molar-refractivity contribution in [2.24, 2.45) is 11.7 Å². The number of hydrogen-bond donors (Lipinski definition) is 2. The molecule has 2 amide bonds. The first-order valence-electron chi connectivity index (χ1n) is 6.48. The van der Waals surface area contributed by atoms with Gasteiger partial charge in [-0.05, 0) is 13.3 Å². The van der Waals surface area contributed by atoms with Crippen molar-refractivity contribution < 1.29 is 14.3 Å². The highest BCUT2D eigenvalue weighted by molar-refractivity contribution is 7.80. The molecule has 2 atom stereocenters. The molecule has 0 aromatic rings. The lowest BCUT2D eigenvalue weighted by Gasteiger charge is -2.36. The third-order valence-electron chi connectivity index (χ3n) is 3.11. The van der Waals surface area contributed by atoms with Crippen LogP contribution in [0.4, 0.5) is 0 Å². The second-order valence-corrected chi connectivity index (χ2v) is 4.85. The van der Waals surface area contributed by atoms with Crippen molar-refractivity contribution in [2.75, 3.05) is 26.3 Å². The largest absolute Gasteiger partial charge is 0.393 e. The lowest BCUT2D eigenvalue weighted by atomic mass is 10.0. The summed E-state index contributed by atoms with van der Waals surface area (Å²) in [6, 6.07) is -0.593. The molecule has 108 valence electrons. The number of thiocarbonyl (C=S) groups is 1. The Hall–Kier alpha value is -1.21. The molecular weight excluding hydrogens is 266 g/mol. The van der Waals surface area contributed by atoms with Crippen molar-refractivity contribution in [1.82, 2.24) is 10.2 Å². The fourth-order valence-corrected chi connectivity index (χ4v) is 2.34. The summed E-state index contributed by atoms with van der Waals surface area (Å²) in [7, 11) is 0. The van der Waals surface area contributed by atoms with E-state index in [-0.39, 0.29) is 23.4 Å². The van der Waals surface area contributed by atoms with Gasteiger partial charge in [-0.25, -0.2) is 0 Å². The summed E-state index contributed by atoms with van der Waals surface area (Å²) in [5.74, 6) is -0.895. The van der Waals surface area contributed by atoms with E-state index in [4.69, 9.17) is 22.7 Å². The SMILES string of the molecule is CCNC(=O)C1COCCN1C(=O)C(CC)C(N)=S. The van der Waals surface area contributed by atoms with E-state index in [2.05, 4.69) is 5.32 Å². The molecule has 1 heterocycles. The number of nitrogens with zero attached hydrogens (tertiary/aromatic N) is 1. The van der Waals surface area contributed by atoms with Crippen LogP contribution in [0.2, 0.25) is 0 Å². The predicted octanol–water partition coefficient (Wildman–Crippen LogP) is -0.338. The van der Waals surface area contributed by atoms with Crippen LogP contribution in [-0.4, -0.2) is 54.0 Å². The minimum Gasteiger partial charge on any atom is -0.393 e. The Morgan fingerprint density at radius 2 is 2.21 bits per heavy atom. The maximum atomic E-state index is 12.4. The van der Waals surface area contributed by atoms with Gasteiger partial charge in [0.15, 0.2) is 0 Å². The van der Waals surface area contributed by atoms with Gasteiger partial charge in [-0.15, -0.1) is 0 Å². The molecule has 1 aliphatic rings. The number of amides is 2. The smallest absolute Gasteiger partial charge is 0.245 e. The van der Waals surface area contributed by atoms with Gasteiger partial charge in [-0.1, -0.05) is 19.1 Å². The zero-order chi connectivity index (χ0) is 14.4. The zero-order valence-electron chi connectivity index (χ0n) is 11.3. The van der Waals surface area contributed by atoms with Gasteiger partial charge in [0, 0.05) is 13.1 Å². The van der Waals surface area contributed by atoms with Crippen molar-refractivity contribution >= 4 is 29.0 Å². The third-order valence-corrected chi connectivity index (χ3v) is 3.40. The Balaban J connectivity index is 2.84. The second-order valence-electron chi connectivity index (χ2n) is 4.38. The summed E-state index contributed by atoms with van der Waals surface area (Å²) in [4.78, 5) is 26.1. The average Bonchev–Trinajstić information content (AvgIpc) is 2.39. The zero-order valence-corrected chi connectivity index (χ0v) is 12.2. The number of carbonyl (C=O) groups is 2. The fourth-order valence-electron chi connectivity index (χ4n) is 2.07. The van der Waals surface area contributed by atoms with Gasteiger partial charge in [0.05, 0.1) is 24.1 Å². The third kappa shape index (κ3) is 3.87. The average molecular weight is 287 g/mol. The Morgan fingerprint density at radius 1 is 1.53 bits per heavy atom. The van der Waals surface area contributed by atoms with Gasteiger partial charge in [0.2, 0.25) is 11.8 Å². The van der Waals surface area contributed by atoms with Gasteiger partial charge in [-0.3, -0.25) is 9.59 Å². The van der Waals surface area contributed by atoms with Crippen LogP contribution in [0.15, 0.2) is 0 Å². The van der Waals surface area contributed by atoms with Crippen LogP contribution in [0.1, 0.15) is 20.3 Å². The molecule has 0 aliphatic carbocycles. The Kier molecular flexibility index (Phi) is 6.17. The van der Waals surface area contributed by atoms with Crippen LogP contribution in [0.5, 0.6) is 0 Å². The molecule has 7 heteroatoms. The molecule has 0 radical (unpaired) electrons. The molecule has 0 saturated carbocycles. The lowest BCUT2D eigenvalue weighted by Crippen LogP contribution is -2.58. The molecule has 1 saturated heterocycles. The number of carbonyl (C=O) groups excluding carboxylic acids is 2. The molecule has 3 N–H and O–H groups in total. The van der Waals surface area contributed by atoms with Crippen molar-refractivity contribution in [3.05, 3.63) is 0 Å². The Bertz CT molecular complexity index is 362. The summed E-state index contributed by atoms with van der Waals surface area (Å²) >= 11 is 4.92. The van der Waals surface area contributed by atoms with Gasteiger partial charge >= 0.3 is 0 Å². The summed E-state index contributed by atoms with van der Waals surface area (Å²) in [5.41, 5.74) is 5.59. The highest BCUT2D eigenvalue weighted by Gasteiger charge is 2.36. The molecule has 1 fully saturated rings. The highest BCUT2D eigenvalue weighted by Crippen LogP contribution is 2.15. The van der Waals surface area contributed by atoms with Crippen LogP contribution in [-0.2, 0) is 14.3 Å². The predicted molar refractivity (Wildman–Crippen MR) is 75.6 cm³/mol. The monoisotopic (exact) mass is 287 g/mol. The minimum atomic E-state index is -0.593. The normalized spacial score (nSPS) is 20.7. The first kappa shape index (κ1) is 15.8. The van der Waals surface area contributed by atoms with Crippen LogP contribution >= 0.6 is 12.2 Å². The van der Waals surface area contributed by atoms with Gasteiger partial charge < -0.3 is 20.7 Å². The van der Waals surface area contributed by atoms with Gasteiger partial charge in [0.25, 0.3) is 0 Å². The lowest BCUT2D eigenvalue weighted by molar-refractivity contribution is -0.150. The number of likely N-dealkylation sites (N-methyl/N-ethyl adjacent to an activating group) is 1. The number of hydrogen-bond acceptors (Lipinski definition) is 4. The number of ether oxygens (including phenoxy) is 1. The van der Waals surface area contributed by atoms with Gasteiger partial charge in [-0.2, -0.15) is 0 Å². The van der Waals surface area contributed by atoms with Crippen molar-refractivity contribution in [2.45, 2.75) is 26.3 Å². The Morgan fingerprint density at radius 3 is 2.74 bits per heavy atom. The van der Waals surface area contributed by atoms with Crippen LogP contribution < -0.4 is 11.1 Å². The summed E-state index contributed by atoms with van der Waals surface area (Å²) in [6.07, 6.45) is 0.535. The van der Waals surface area contributed by atoms with Crippen molar-refractivity contribution in [3.63, 3.8) is 0 Å². The van der Waals surface area contributed by atoms with Crippen molar-refractivity contribution in [3.8, 4) is 0 Å². The second kappa shape index (κ2) is 7.40. The van der Waals surface area contributed by atoms with E-state index in [0.717, 1.165) is 0 Å². The van der Waals surface area contributed by atoms with E-state index < -0.39 is 12.0 Å². The van der Waals surface area contributed by atoms with E-state index in [1.54, 1.807) is 0 Å². The summed E-state index contributed by atoms with van der Waals surface area (Å²) < 4.78 is 5.29. The molecule has 19 heavy (non-hydrogen) atoms. The summed E-state index contributed by atoms with van der Waals surface area (Å²) in [6.45, 7) is 5.23. The molecule has 0 aromatic carbocycles. The number of nitrogens with two attached hydrogens (primary N) is 1. The van der Waals surface area contributed by atoms with Crippen LogP contribution in [0, 0.1) is 5.92 Å². The van der Waals surface area contributed by atoms with E-state index in [9.17, 15) is 9.59 Å². The maximum Gasteiger partial charge on any atom is 0.245 e. The van der Waals surface area contributed by atoms with E-state index in [1.807, 2.05) is 13.8 Å². The first-order valence-corrected chi connectivity index (χ1v) is 6.88. The molecule has 1 aliphatic heterocycles. The fraction of sp³-hybridized carbons (Fsp3) is 0.750. The number of morpholine rings is 1. The molecule has 0 bridgehead atoms. The first-order chi connectivity index (χ1) is 9.02. The molecule has 0 spiro atoms. The van der Waals surface area contributed by atoms with Gasteiger partial charge in [0.1, 0.15) is 6.04 Å².